The van der Waals surface area contributed by atoms with Gasteiger partial charge < -0.3 is 16.2 Å². The minimum Gasteiger partial charge on any atom is -0.476 e. The summed E-state index contributed by atoms with van der Waals surface area (Å²) < 4.78 is 0. The number of carboxylic acids is 1. The van der Waals surface area contributed by atoms with Crippen molar-refractivity contribution in [1.82, 2.24) is 10.3 Å². The normalized spacial score (nSPS) is 13.8. The topological polar surface area (TPSA) is 105 Å². The molecule has 2 atom stereocenters. The van der Waals surface area contributed by atoms with Crippen LogP contribution in [0.3, 0.4) is 0 Å². The molecule has 1 amide bonds. The second kappa shape index (κ2) is 7.20. The van der Waals surface area contributed by atoms with Gasteiger partial charge in [0, 0.05) is 11.8 Å². The molecular formula is C12H19N3O3S. The van der Waals surface area contributed by atoms with Crippen LogP contribution in [-0.2, 0) is 4.79 Å². The van der Waals surface area contributed by atoms with E-state index in [0.29, 0.717) is 23.9 Å². The van der Waals surface area contributed by atoms with E-state index in [1.807, 2.05) is 6.92 Å². The number of hydrogen-bond acceptors (Lipinski definition) is 5. The Morgan fingerprint density at radius 1 is 1.53 bits per heavy atom. The maximum absolute atomic E-state index is 11.7. The zero-order chi connectivity index (χ0) is 14.4. The van der Waals surface area contributed by atoms with E-state index in [2.05, 4.69) is 10.3 Å². The van der Waals surface area contributed by atoms with Crippen LogP contribution in [0, 0.1) is 5.92 Å². The summed E-state index contributed by atoms with van der Waals surface area (Å²) in [6.45, 7) is 4.35. The highest BCUT2D eigenvalue weighted by Gasteiger charge is 2.16. The number of carboxylic acid groups (broad SMARTS) is 1. The summed E-state index contributed by atoms with van der Waals surface area (Å²) in [4.78, 5) is 26.4. The van der Waals surface area contributed by atoms with Gasteiger partial charge >= 0.3 is 5.97 Å². The third kappa shape index (κ3) is 4.96. The van der Waals surface area contributed by atoms with Crippen LogP contribution in [-0.4, -0.2) is 28.5 Å². The Morgan fingerprint density at radius 3 is 2.74 bits per heavy atom. The minimum absolute atomic E-state index is 0.0119. The smallest absolute Gasteiger partial charge is 0.355 e. The van der Waals surface area contributed by atoms with Crippen LogP contribution in [0.5, 0.6) is 0 Å². The molecule has 0 fully saturated rings. The van der Waals surface area contributed by atoms with Crippen molar-refractivity contribution in [2.24, 2.45) is 11.7 Å². The molecule has 0 aromatic carbocycles. The van der Waals surface area contributed by atoms with Crippen molar-refractivity contribution in [2.45, 2.75) is 32.7 Å². The molecule has 0 aliphatic rings. The Morgan fingerprint density at radius 2 is 2.21 bits per heavy atom. The van der Waals surface area contributed by atoms with E-state index >= 15 is 0 Å². The Bertz CT molecular complexity index is 447. The Kier molecular flexibility index (Phi) is 5.91. The molecule has 1 aromatic rings. The van der Waals surface area contributed by atoms with Crippen LogP contribution in [0.4, 0.5) is 0 Å². The standard InChI is InChI=1S/C12H19N3O3S/c1-7(5-13)3-4-10(16)14-8(2)11-15-9(6-19-11)12(17)18/h6-8H,3-5,13H2,1-2H3,(H,14,16)(H,17,18). The number of rotatable bonds is 7. The molecule has 1 aromatic heterocycles. The molecule has 6 nitrogen and oxygen atoms in total. The summed E-state index contributed by atoms with van der Waals surface area (Å²) in [5.74, 6) is -0.808. The number of amides is 1. The van der Waals surface area contributed by atoms with E-state index in [4.69, 9.17) is 10.8 Å². The van der Waals surface area contributed by atoms with Crippen molar-refractivity contribution < 1.29 is 14.7 Å². The Balaban J connectivity index is 2.47. The highest BCUT2D eigenvalue weighted by atomic mass is 32.1. The fourth-order valence-corrected chi connectivity index (χ4v) is 2.26. The van der Waals surface area contributed by atoms with Gasteiger partial charge in [-0.15, -0.1) is 11.3 Å². The summed E-state index contributed by atoms with van der Waals surface area (Å²) in [5.41, 5.74) is 5.50. The number of thiazole rings is 1. The lowest BCUT2D eigenvalue weighted by Crippen LogP contribution is -2.27. The molecule has 0 bridgehead atoms. The molecule has 7 heteroatoms. The van der Waals surface area contributed by atoms with Gasteiger partial charge in [0.25, 0.3) is 0 Å². The molecule has 0 saturated carbocycles. The highest BCUT2D eigenvalue weighted by Crippen LogP contribution is 2.18. The van der Waals surface area contributed by atoms with E-state index in [0.717, 1.165) is 6.42 Å². The molecule has 0 aliphatic carbocycles. The van der Waals surface area contributed by atoms with Gasteiger partial charge in [0.1, 0.15) is 5.01 Å². The number of nitrogens with two attached hydrogens (primary N) is 1. The summed E-state index contributed by atoms with van der Waals surface area (Å²) >= 11 is 1.23. The van der Waals surface area contributed by atoms with Crippen LogP contribution in [0.1, 0.15) is 48.2 Å². The number of nitrogens with zero attached hydrogens (tertiary/aromatic N) is 1. The summed E-state index contributed by atoms with van der Waals surface area (Å²) in [5, 5.41) is 13.6. The lowest BCUT2D eigenvalue weighted by Gasteiger charge is -2.12. The van der Waals surface area contributed by atoms with Crippen molar-refractivity contribution in [3.05, 3.63) is 16.1 Å². The Hall–Kier alpha value is -1.47. The van der Waals surface area contributed by atoms with E-state index in [9.17, 15) is 9.59 Å². The molecule has 0 spiro atoms. The SMILES string of the molecule is CC(CN)CCC(=O)NC(C)c1nc(C(=O)O)cs1. The number of aromatic nitrogens is 1. The van der Waals surface area contributed by atoms with Gasteiger partial charge in [-0.3, -0.25) is 4.79 Å². The highest BCUT2D eigenvalue weighted by molar-refractivity contribution is 7.09. The summed E-state index contributed by atoms with van der Waals surface area (Å²) in [6.07, 6.45) is 1.16. The van der Waals surface area contributed by atoms with Gasteiger partial charge in [0.05, 0.1) is 6.04 Å². The van der Waals surface area contributed by atoms with Crippen molar-refractivity contribution in [3.63, 3.8) is 0 Å². The van der Waals surface area contributed by atoms with Gasteiger partial charge in [-0.25, -0.2) is 9.78 Å². The van der Waals surface area contributed by atoms with E-state index in [1.165, 1.54) is 16.7 Å². The van der Waals surface area contributed by atoms with Crippen LogP contribution >= 0.6 is 11.3 Å². The second-order valence-corrected chi connectivity index (χ2v) is 5.43. The second-order valence-electron chi connectivity index (χ2n) is 4.54. The molecule has 19 heavy (non-hydrogen) atoms. The summed E-state index contributed by atoms with van der Waals surface area (Å²) in [6, 6.07) is -0.279. The number of nitrogens with one attached hydrogen (secondary N) is 1. The lowest BCUT2D eigenvalue weighted by molar-refractivity contribution is -0.122. The van der Waals surface area contributed by atoms with Crippen molar-refractivity contribution in [3.8, 4) is 0 Å². The van der Waals surface area contributed by atoms with Gasteiger partial charge in [0.2, 0.25) is 5.91 Å². The molecular weight excluding hydrogens is 266 g/mol. The third-order valence-corrected chi connectivity index (χ3v) is 3.78. The fourth-order valence-electron chi connectivity index (χ4n) is 1.46. The van der Waals surface area contributed by atoms with E-state index < -0.39 is 5.97 Å². The maximum atomic E-state index is 11.7. The first kappa shape index (κ1) is 15.6. The van der Waals surface area contributed by atoms with Crippen molar-refractivity contribution >= 4 is 23.2 Å². The molecule has 0 radical (unpaired) electrons. The van der Waals surface area contributed by atoms with Gasteiger partial charge in [-0.1, -0.05) is 6.92 Å². The zero-order valence-electron chi connectivity index (χ0n) is 11.0. The lowest BCUT2D eigenvalue weighted by atomic mass is 10.1. The molecule has 1 rings (SSSR count). The Labute approximate surface area is 116 Å². The first-order valence-electron chi connectivity index (χ1n) is 6.12. The van der Waals surface area contributed by atoms with Gasteiger partial charge in [-0.2, -0.15) is 0 Å². The van der Waals surface area contributed by atoms with Gasteiger partial charge in [-0.05, 0) is 25.8 Å². The number of carbonyl (C=O) groups is 2. The van der Waals surface area contributed by atoms with E-state index in [-0.39, 0.29) is 17.6 Å². The summed E-state index contributed by atoms with van der Waals surface area (Å²) in [7, 11) is 0. The molecule has 1 heterocycles. The number of carbonyl (C=O) groups excluding carboxylic acids is 1. The van der Waals surface area contributed by atoms with Crippen LogP contribution in [0.25, 0.3) is 0 Å². The van der Waals surface area contributed by atoms with Crippen molar-refractivity contribution in [2.75, 3.05) is 6.54 Å². The molecule has 2 unspecified atom stereocenters. The van der Waals surface area contributed by atoms with Crippen LogP contribution < -0.4 is 11.1 Å². The van der Waals surface area contributed by atoms with E-state index in [1.54, 1.807) is 6.92 Å². The largest absolute Gasteiger partial charge is 0.476 e. The molecule has 4 N–H and O–H groups in total. The number of aromatic carboxylic acids is 1. The van der Waals surface area contributed by atoms with Crippen LogP contribution in [0.2, 0.25) is 0 Å². The third-order valence-electron chi connectivity index (χ3n) is 2.76. The first-order chi connectivity index (χ1) is 8.93. The minimum atomic E-state index is -1.06. The average molecular weight is 285 g/mol. The van der Waals surface area contributed by atoms with Crippen LogP contribution in [0.15, 0.2) is 5.38 Å². The van der Waals surface area contributed by atoms with Crippen molar-refractivity contribution in [1.29, 1.82) is 0 Å². The predicted molar refractivity (Wildman–Crippen MR) is 73.1 cm³/mol. The quantitative estimate of drug-likeness (QED) is 0.702. The zero-order valence-corrected chi connectivity index (χ0v) is 11.9. The fraction of sp³-hybridized carbons (Fsp3) is 0.583. The first-order valence-corrected chi connectivity index (χ1v) is 7.00. The maximum Gasteiger partial charge on any atom is 0.355 e. The number of hydrogen-bond donors (Lipinski definition) is 3. The monoisotopic (exact) mass is 285 g/mol. The molecule has 0 aliphatic heterocycles. The van der Waals surface area contributed by atoms with Gasteiger partial charge in [0.15, 0.2) is 5.69 Å². The molecule has 0 saturated heterocycles. The average Bonchev–Trinajstić information content (AvgIpc) is 2.85. The molecule has 106 valence electrons. The predicted octanol–water partition coefficient (Wildman–Crippen LogP) is 1.39.